The largest absolute Gasteiger partial charge is 0.325 e. The quantitative estimate of drug-likeness (QED) is 0.741. The first-order valence-electron chi connectivity index (χ1n) is 7.35. The molecule has 0 aliphatic heterocycles. The van der Waals surface area contributed by atoms with E-state index in [1.165, 1.54) is 49.3 Å². The molecule has 0 saturated heterocycles. The molecule has 0 saturated carbocycles. The monoisotopic (exact) mass is 418 g/mol. The second-order valence-corrected chi connectivity index (χ2v) is 10.4. The van der Waals surface area contributed by atoms with Crippen LogP contribution in [0.5, 0.6) is 0 Å². The van der Waals surface area contributed by atoms with E-state index >= 15 is 0 Å². The number of anilines is 1. The van der Waals surface area contributed by atoms with Crippen LogP contribution in [0, 0.1) is 6.92 Å². The van der Waals surface area contributed by atoms with Gasteiger partial charge in [-0.15, -0.1) is 23.1 Å². The number of benzene rings is 1. The van der Waals surface area contributed by atoms with Crippen molar-refractivity contribution in [1.82, 2.24) is 4.31 Å². The van der Waals surface area contributed by atoms with Crippen molar-refractivity contribution in [2.45, 2.75) is 17.6 Å². The lowest BCUT2D eigenvalue weighted by Crippen LogP contribution is -2.22. The minimum Gasteiger partial charge on any atom is -0.325 e. The number of thiophene rings is 1. The molecule has 0 unspecified atom stereocenters. The molecule has 0 aliphatic rings. The normalized spacial score (nSPS) is 11.7. The van der Waals surface area contributed by atoms with Gasteiger partial charge in [0.05, 0.1) is 15.0 Å². The Morgan fingerprint density at radius 2 is 2.00 bits per heavy atom. The van der Waals surface area contributed by atoms with Crippen molar-refractivity contribution < 1.29 is 13.2 Å². The van der Waals surface area contributed by atoms with Gasteiger partial charge in [0.15, 0.2) is 0 Å². The molecule has 1 N–H and O–H groups in total. The zero-order valence-corrected chi connectivity index (χ0v) is 17.3. The molecule has 9 heteroatoms. The fourth-order valence-corrected chi connectivity index (χ4v) is 4.92. The van der Waals surface area contributed by atoms with Crippen molar-refractivity contribution in [3.63, 3.8) is 0 Å². The molecule has 1 heterocycles. The molecule has 0 aliphatic carbocycles. The lowest BCUT2D eigenvalue weighted by Gasteiger charge is -2.14. The van der Waals surface area contributed by atoms with Gasteiger partial charge < -0.3 is 5.32 Å². The minimum atomic E-state index is -3.54. The van der Waals surface area contributed by atoms with Gasteiger partial charge in [-0.1, -0.05) is 17.7 Å². The molecule has 2 rings (SSSR count). The number of amides is 1. The number of nitrogens with zero attached hydrogens (tertiary/aromatic N) is 1. The van der Waals surface area contributed by atoms with Gasteiger partial charge in [-0.05, 0) is 36.8 Å². The van der Waals surface area contributed by atoms with Crippen LogP contribution in [-0.4, -0.2) is 38.5 Å². The second kappa shape index (κ2) is 8.55. The summed E-state index contributed by atoms with van der Waals surface area (Å²) in [5, 5.41) is 2.79. The molecule has 136 valence electrons. The average Bonchev–Trinajstić information content (AvgIpc) is 2.94. The summed E-state index contributed by atoms with van der Waals surface area (Å²) in [6.45, 7) is 1.82. The van der Waals surface area contributed by atoms with Crippen molar-refractivity contribution in [2.24, 2.45) is 0 Å². The maximum absolute atomic E-state index is 12.2. The highest BCUT2D eigenvalue weighted by molar-refractivity contribution is 7.99. The summed E-state index contributed by atoms with van der Waals surface area (Å²) in [6, 6.07) is 8.49. The number of hydrogen-bond donors (Lipinski definition) is 1. The third-order valence-electron chi connectivity index (χ3n) is 3.37. The summed E-state index contributed by atoms with van der Waals surface area (Å²) < 4.78 is 26.3. The summed E-state index contributed by atoms with van der Waals surface area (Å²) >= 11 is 8.85. The van der Waals surface area contributed by atoms with Gasteiger partial charge in [0, 0.05) is 30.4 Å². The summed E-state index contributed by atoms with van der Waals surface area (Å²) in [4.78, 5) is 13.4. The van der Waals surface area contributed by atoms with Crippen LogP contribution >= 0.6 is 34.7 Å². The summed E-state index contributed by atoms with van der Waals surface area (Å²) in [6.07, 6.45) is 0. The second-order valence-electron chi connectivity index (χ2n) is 5.51. The number of rotatable bonds is 7. The molecule has 0 bridgehead atoms. The smallest absolute Gasteiger partial charge is 0.242 e. The van der Waals surface area contributed by atoms with Gasteiger partial charge in [-0.3, -0.25) is 4.79 Å². The van der Waals surface area contributed by atoms with E-state index < -0.39 is 10.0 Å². The first-order valence-corrected chi connectivity index (χ1v) is 11.1. The van der Waals surface area contributed by atoms with Crippen LogP contribution < -0.4 is 5.32 Å². The van der Waals surface area contributed by atoms with Gasteiger partial charge in [-0.25, -0.2) is 12.7 Å². The number of carbonyl (C=O) groups excluding carboxylic acids is 1. The summed E-state index contributed by atoms with van der Waals surface area (Å²) in [7, 11) is -0.591. The number of aryl methyl sites for hydroxylation is 1. The highest BCUT2D eigenvalue weighted by Gasteiger charge is 2.18. The lowest BCUT2D eigenvalue weighted by molar-refractivity contribution is -0.113. The highest BCUT2D eigenvalue weighted by atomic mass is 35.5. The number of sulfonamides is 1. The van der Waals surface area contributed by atoms with Gasteiger partial charge in [-0.2, -0.15) is 0 Å². The predicted molar refractivity (Wildman–Crippen MR) is 106 cm³/mol. The fourth-order valence-electron chi connectivity index (χ4n) is 1.97. The average molecular weight is 419 g/mol. The van der Waals surface area contributed by atoms with Gasteiger partial charge in [0.25, 0.3) is 0 Å². The summed E-state index contributed by atoms with van der Waals surface area (Å²) in [5.74, 6) is 0.813. The zero-order chi connectivity index (χ0) is 18.6. The van der Waals surface area contributed by atoms with E-state index in [9.17, 15) is 13.2 Å². The van der Waals surface area contributed by atoms with Crippen molar-refractivity contribution >= 4 is 56.3 Å². The fraction of sp³-hybridized carbons (Fsp3) is 0.312. The van der Waals surface area contributed by atoms with Crippen molar-refractivity contribution in [2.75, 3.05) is 25.2 Å². The number of hydrogen-bond acceptors (Lipinski definition) is 5. The third-order valence-corrected chi connectivity index (χ3v) is 7.57. The van der Waals surface area contributed by atoms with Crippen LogP contribution in [0.1, 0.15) is 10.4 Å². The van der Waals surface area contributed by atoms with E-state index in [1.807, 2.05) is 19.1 Å². The van der Waals surface area contributed by atoms with Crippen LogP contribution in [-0.2, 0) is 20.6 Å². The maximum Gasteiger partial charge on any atom is 0.242 e. The topological polar surface area (TPSA) is 66.5 Å². The first-order chi connectivity index (χ1) is 11.7. The first kappa shape index (κ1) is 20.3. The Labute approximate surface area is 161 Å². The number of halogens is 1. The van der Waals surface area contributed by atoms with Crippen LogP contribution in [0.4, 0.5) is 5.69 Å². The van der Waals surface area contributed by atoms with Crippen LogP contribution in [0.3, 0.4) is 0 Å². The molecule has 0 atom stereocenters. The molecular weight excluding hydrogens is 400 g/mol. The zero-order valence-electron chi connectivity index (χ0n) is 14.1. The van der Waals surface area contributed by atoms with Crippen molar-refractivity contribution in [3.8, 4) is 0 Å². The molecule has 1 amide bonds. The van der Waals surface area contributed by atoms with Crippen LogP contribution in [0.25, 0.3) is 0 Å². The molecule has 5 nitrogen and oxygen atoms in total. The van der Waals surface area contributed by atoms with Crippen LogP contribution in [0.15, 0.2) is 35.2 Å². The highest BCUT2D eigenvalue weighted by Crippen LogP contribution is 2.26. The molecular formula is C16H19ClN2O3S3. The Balaban J connectivity index is 2.00. The standard InChI is InChI=1S/C16H19ClN2O3S3/c1-11-4-6-13(25(21,22)19(2)3)8-14(11)18-16(20)10-23-9-12-5-7-15(17)24-12/h4-8H,9-10H2,1-3H3,(H,18,20). The minimum absolute atomic E-state index is 0.152. The molecule has 0 spiro atoms. The maximum atomic E-state index is 12.2. The summed E-state index contributed by atoms with van der Waals surface area (Å²) in [5.41, 5.74) is 1.31. The van der Waals surface area contributed by atoms with E-state index in [0.717, 1.165) is 19.1 Å². The Kier molecular flexibility index (Phi) is 6.93. The molecule has 1 aromatic heterocycles. The van der Waals surface area contributed by atoms with E-state index in [-0.39, 0.29) is 16.6 Å². The number of nitrogens with one attached hydrogen (secondary N) is 1. The Morgan fingerprint density at radius 3 is 2.60 bits per heavy atom. The van der Waals surface area contributed by atoms with E-state index in [2.05, 4.69) is 5.32 Å². The van der Waals surface area contributed by atoms with Gasteiger partial charge in [0.2, 0.25) is 15.9 Å². The molecule has 2 aromatic rings. The van der Waals surface area contributed by atoms with Crippen molar-refractivity contribution in [3.05, 3.63) is 45.1 Å². The molecule has 1 aromatic carbocycles. The number of carbonyl (C=O) groups is 1. The molecule has 0 radical (unpaired) electrons. The Bertz CT molecular complexity index is 863. The lowest BCUT2D eigenvalue weighted by atomic mass is 10.2. The van der Waals surface area contributed by atoms with E-state index in [1.54, 1.807) is 6.07 Å². The Hall–Kier alpha value is -1.06. The Morgan fingerprint density at radius 1 is 1.28 bits per heavy atom. The van der Waals surface area contributed by atoms with Crippen LogP contribution in [0.2, 0.25) is 4.34 Å². The predicted octanol–water partition coefficient (Wildman–Crippen LogP) is 3.83. The molecule has 25 heavy (non-hydrogen) atoms. The van der Waals surface area contributed by atoms with Crippen molar-refractivity contribution in [1.29, 1.82) is 0 Å². The SMILES string of the molecule is Cc1ccc(S(=O)(=O)N(C)C)cc1NC(=O)CSCc1ccc(Cl)s1. The van der Waals surface area contributed by atoms with E-state index in [0.29, 0.717) is 11.4 Å². The number of thioether (sulfide) groups is 1. The van der Waals surface area contributed by atoms with E-state index in [4.69, 9.17) is 11.6 Å². The van der Waals surface area contributed by atoms with Gasteiger partial charge in [0.1, 0.15) is 0 Å². The third kappa shape index (κ3) is 5.46. The van der Waals surface area contributed by atoms with Gasteiger partial charge >= 0.3 is 0 Å². The molecule has 0 fully saturated rings.